The van der Waals surface area contributed by atoms with Crippen LogP contribution in [0, 0.1) is 0 Å². The molecular weight excluding hydrogens is 795 g/mol. The predicted octanol–water partition coefficient (Wildman–Crippen LogP) is 11.7. The van der Waals surface area contributed by atoms with Crippen molar-refractivity contribution in [2.75, 3.05) is 13.2 Å². The highest BCUT2D eigenvalue weighted by molar-refractivity contribution is 5.76. The zero-order valence-electron chi connectivity index (χ0n) is 41.2. The third-order valence-electron chi connectivity index (χ3n) is 13.6. The molecule has 2 unspecified atom stereocenters. The van der Waals surface area contributed by atoms with Gasteiger partial charge in [0.05, 0.1) is 25.4 Å². The normalized spacial score (nSPS) is 20.5. The molecule has 1 aliphatic heterocycles. The molecular formula is C53H105NO9. The van der Waals surface area contributed by atoms with Gasteiger partial charge in [0.25, 0.3) is 0 Å². The molecule has 0 bridgehead atoms. The lowest BCUT2D eigenvalue weighted by molar-refractivity contribution is -0.303. The third kappa shape index (κ3) is 33.3. The van der Waals surface area contributed by atoms with E-state index in [1.165, 1.54) is 199 Å². The van der Waals surface area contributed by atoms with Crippen molar-refractivity contribution in [3.8, 4) is 0 Å². The fourth-order valence-electron chi connectivity index (χ4n) is 9.14. The number of rotatable bonds is 47. The number of carbonyl (C=O) groups excluding carboxylic acids is 1. The molecule has 1 saturated heterocycles. The quantitative estimate of drug-likeness (QED) is 0.0294. The van der Waals surface area contributed by atoms with Crippen molar-refractivity contribution in [3.63, 3.8) is 0 Å². The van der Waals surface area contributed by atoms with Crippen molar-refractivity contribution in [1.82, 2.24) is 5.32 Å². The van der Waals surface area contributed by atoms with E-state index in [4.69, 9.17) is 9.47 Å². The Hall–Kier alpha value is -0.850. The van der Waals surface area contributed by atoms with Crippen molar-refractivity contribution < 1.29 is 44.9 Å². The van der Waals surface area contributed by atoms with E-state index in [0.29, 0.717) is 6.42 Å². The molecule has 1 amide bonds. The summed E-state index contributed by atoms with van der Waals surface area (Å²) in [6.07, 6.45) is 39.9. The monoisotopic (exact) mass is 900 g/mol. The van der Waals surface area contributed by atoms with Gasteiger partial charge in [-0.05, 0) is 12.8 Å². The predicted molar refractivity (Wildman–Crippen MR) is 260 cm³/mol. The minimum absolute atomic E-state index is 0.252. The number of ether oxygens (including phenoxy) is 2. The van der Waals surface area contributed by atoms with Crippen LogP contribution in [0.3, 0.4) is 0 Å². The molecule has 0 aromatic heterocycles. The second-order valence-corrected chi connectivity index (χ2v) is 19.5. The van der Waals surface area contributed by atoms with Gasteiger partial charge in [0.1, 0.15) is 30.5 Å². The topological polar surface area (TPSA) is 169 Å². The number of aliphatic hydroxyl groups excluding tert-OH is 6. The van der Waals surface area contributed by atoms with Gasteiger partial charge in [-0.15, -0.1) is 0 Å². The van der Waals surface area contributed by atoms with Crippen molar-refractivity contribution in [1.29, 1.82) is 0 Å². The van der Waals surface area contributed by atoms with Crippen LogP contribution in [0.15, 0.2) is 0 Å². The lowest BCUT2D eigenvalue weighted by Crippen LogP contribution is -2.60. The van der Waals surface area contributed by atoms with Gasteiger partial charge in [0.2, 0.25) is 5.91 Å². The van der Waals surface area contributed by atoms with E-state index in [9.17, 15) is 35.4 Å². The van der Waals surface area contributed by atoms with Gasteiger partial charge < -0.3 is 45.4 Å². The van der Waals surface area contributed by atoms with Crippen molar-refractivity contribution in [3.05, 3.63) is 0 Å². The Morgan fingerprint density at radius 3 is 1.17 bits per heavy atom. The average molecular weight is 900 g/mol. The van der Waals surface area contributed by atoms with Crippen LogP contribution in [0.5, 0.6) is 0 Å². The second kappa shape index (κ2) is 43.7. The van der Waals surface area contributed by atoms with Gasteiger partial charge in [-0.2, -0.15) is 0 Å². The lowest BCUT2D eigenvalue weighted by atomic mass is 9.98. The third-order valence-corrected chi connectivity index (χ3v) is 13.6. The molecule has 8 atom stereocenters. The Balaban J connectivity index is 2.19. The molecule has 0 spiro atoms. The largest absolute Gasteiger partial charge is 0.394 e. The summed E-state index contributed by atoms with van der Waals surface area (Å²) in [6, 6.07) is -0.985. The maximum Gasteiger partial charge on any atom is 0.220 e. The van der Waals surface area contributed by atoms with Gasteiger partial charge >= 0.3 is 0 Å². The second-order valence-electron chi connectivity index (χ2n) is 19.5. The summed E-state index contributed by atoms with van der Waals surface area (Å²) in [5.74, 6) is -0.252. The van der Waals surface area contributed by atoms with Crippen LogP contribution in [-0.2, 0) is 14.3 Å². The lowest BCUT2D eigenvalue weighted by Gasteiger charge is -2.40. The summed E-state index contributed by atoms with van der Waals surface area (Å²) in [7, 11) is 0. The van der Waals surface area contributed by atoms with Gasteiger partial charge in [-0.25, -0.2) is 0 Å². The van der Waals surface area contributed by atoms with Crippen LogP contribution in [0.4, 0.5) is 0 Å². The fraction of sp³-hybridized carbons (Fsp3) is 0.981. The molecule has 63 heavy (non-hydrogen) atoms. The van der Waals surface area contributed by atoms with Crippen LogP contribution in [0.2, 0.25) is 0 Å². The SMILES string of the molecule is CCCCCCCCCCCCCCCCCCCCCCCCCCCCCC(=O)N[C@@H](CO[C@@H]1O[C@H](CO)[C@H](O)C(O)C1O)[C@H](O)[C@H](O)CCCCCCCCCCCCC. The number of hydrogen-bond acceptors (Lipinski definition) is 9. The Morgan fingerprint density at radius 1 is 0.492 bits per heavy atom. The van der Waals surface area contributed by atoms with E-state index < -0.39 is 55.6 Å². The van der Waals surface area contributed by atoms with Crippen LogP contribution >= 0.6 is 0 Å². The molecule has 7 N–H and O–H groups in total. The molecule has 1 aliphatic rings. The Morgan fingerprint density at radius 2 is 0.825 bits per heavy atom. The summed E-state index contributed by atoms with van der Waals surface area (Å²) >= 11 is 0. The maximum atomic E-state index is 13.0. The molecule has 0 aromatic carbocycles. The number of aliphatic hydroxyl groups is 6. The minimum atomic E-state index is -1.60. The molecule has 1 rings (SSSR count). The Bertz CT molecular complexity index is 973. The van der Waals surface area contributed by atoms with Gasteiger partial charge in [0, 0.05) is 6.42 Å². The first-order valence-corrected chi connectivity index (χ1v) is 27.3. The van der Waals surface area contributed by atoms with Crippen LogP contribution < -0.4 is 5.32 Å². The molecule has 0 aliphatic carbocycles. The maximum absolute atomic E-state index is 13.0. The molecule has 1 fully saturated rings. The van der Waals surface area contributed by atoms with Crippen LogP contribution in [0.25, 0.3) is 0 Å². The van der Waals surface area contributed by atoms with E-state index in [1.54, 1.807) is 0 Å². The van der Waals surface area contributed by atoms with Gasteiger partial charge in [-0.1, -0.05) is 251 Å². The molecule has 0 aromatic rings. The molecule has 1 heterocycles. The number of amides is 1. The van der Waals surface area contributed by atoms with Crippen LogP contribution in [0.1, 0.15) is 271 Å². The first kappa shape index (κ1) is 60.2. The summed E-state index contributed by atoms with van der Waals surface area (Å²) in [4.78, 5) is 13.0. The minimum Gasteiger partial charge on any atom is -0.394 e. The van der Waals surface area contributed by atoms with Crippen molar-refractivity contribution in [2.24, 2.45) is 0 Å². The highest BCUT2D eigenvalue weighted by atomic mass is 16.7. The van der Waals surface area contributed by atoms with Crippen molar-refractivity contribution in [2.45, 2.75) is 320 Å². The summed E-state index contributed by atoms with van der Waals surface area (Å²) in [5.41, 5.74) is 0. The van der Waals surface area contributed by atoms with Crippen LogP contribution in [-0.4, -0.2) is 98.7 Å². The first-order chi connectivity index (χ1) is 30.8. The number of nitrogens with one attached hydrogen (secondary N) is 1. The number of hydrogen-bond donors (Lipinski definition) is 7. The molecule has 0 saturated carbocycles. The van der Waals surface area contributed by atoms with Crippen molar-refractivity contribution >= 4 is 5.91 Å². The highest BCUT2D eigenvalue weighted by Crippen LogP contribution is 2.23. The zero-order chi connectivity index (χ0) is 46.0. The summed E-state index contributed by atoms with van der Waals surface area (Å²) in [6.45, 7) is 3.63. The standard InChI is InChI=1S/C53H105NO9/c1-3-5-7-9-11-13-15-16-17-18-19-20-21-22-23-24-25-26-27-28-29-30-32-34-36-38-40-42-48(57)54-45(44-62-53-52(61)51(60)50(59)47(43-55)63-53)49(58)46(56)41-39-37-35-33-31-14-12-10-8-6-4-2/h45-47,49-53,55-56,58-61H,3-44H2,1-2H3,(H,54,57)/t45-,46+,47+,49-,50-,51?,52?,53+/m0/s1. The van der Waals surface area contributed by atoms with E-state index in [2.05, 4.69) is 19.2 Å². The smallest absolute Gasteiger partial charge is 0.220 e. The average Bonchev–Trinajstić information content (AvgIpc) is 3.28. The van der Waals surface area contributed by atoms with E-state index in [-0.39, 0.29) is 18.9 Å². The highest BCUT2D eigenvalue weighted by Gasteiger charge is 2.44. The van der Waals surface area contributed by atoms with E-state index >= 15 is 0 Å². The van der Waals surface area contributed by atoms with E-state index in [1.807, 2.05) is 0 Å². The first-order valence-electron chi connectivity index (χ1n) is 27.3. The molecule has 0 radical (unpaired) electrons. The van der Waals surface area contributed by atoms with Gasteiger partial charge in [0.15, 0.2) is 6.29 Å². The Kier molecular flexibility index (Phi) is 41.7. The Labute approximate surface area is 387 Å². The fourth-order valence-corrected chi connectivity index (χ4v) is 9.14. The molecule has 10 heteroatoms. The molecule has 10 nitrogen and oxygen atoms in total. The number of unbranched alkanes of at least 4 members (excludes halogenated alkanes) is 36. The summed E-state index contributed by atoms with van der Waals surface area (Å²) in [5, 5.41) is 65.3. The zero-order valence-corrected chi connectivity index (χ0v) is 41.2. The van der Waals surface area contributed by atoms with Gasteiger partial charge in [-0.3, -0.25) is 4.79 Å². The van der Waals surface area contributed by atoms with E-state index in [0.717, 1.165) is 44.9 Å². The number of carbonyl (C=O) groups is 1. The summed E-state index contributed by atoms with van der Waals surface area (Å²) < 4.78 is 11.2. The molecule has 376 valence electrons.